The van der Waals surface area contributed by atoms with Gasteiger partial charge in [-0.3, -0.25) is 4.90 Å². The van der Waals surface area contributed by atoms with Gasteiger partial charge in [0.15, 0.2) is 0 Å². The topological polar surface area (TPSA) is 41.6 Å². The lowest BCUT2D eigenvalue weighted by atomic mass is 10.1. The number of anilines is 1. The second-order valence-electron chi connectivity index (χ2n) is 5.20. The van der Waals surface area contributed by atoms with E-state index in [9.17, 15) is 4.79 Å². The van der Waals surface area contributed by atoms with Gasteiger partial charge in [-0.15, -0.1) is 0 Å². The average molecular weight is 248 g/mol. The van der Waals surface area contributed by atoms with Crippen molar-refractivity contribution in [1.29, 1.82) is 0 Å². The number of rotatable bonds is 2. The van der Waals surface area contributed by atoms with Crippen LogP contribution in [0.15, 0.2) is 24.3 Å². The van der Waals surface area contributed by atoms with Crippen molar-refractivity contribution in [3.05, 3.63) is 29.8 Å². The van der Waals surface area contributed by atoms with Gasteiger partial charge < -0.3 is 10.1 Å². The van der Waals surface area contributed by atoms with Crippen LogP contribution in [0.5, 0.6) is 0 Å². The van der Waals surface area contributed by atoms with Crippen LogP contribution >= 0.6 is 0 Å². The van der Waals surface area contributed by atoms with E-state index in [-0.39, 0.29) is 11.6 Å². The molecule has 18 heavy (non-hydrogen) atoms. The molecule has 4 nitrogen and oxygen atoms in total. The molecule has 1 heterocycles. The maximum absolute atomic E-state index is 12.2. The minimum absolute atomic E-state index is 0.106. The van der Waals surface area contributed by atoms with Crippen molar-refractivity contribution in [3.8, 4) is 0 Å². The molecule has 4 heteroatoms. The number of aryl methyl sites for hydroxylation is 1. The van der Waals surface area contributed by atoms with Crippen molar-refractivity contribution < 1.29 is 9.53 Å². The first-order valence-electron chi connectivity index (χ1n) is 6.28. The number of carbonyl (C=O) groups excluding carboxylic acids is 1. The summed E-state index contributed by atoms with van der Waals surface area (Å²) >= 11 is 0. The highest BCUT2D eigenvalue weighted by molar-refractivity contribution is 5.90. The third-order valence-corrected chi connectivity index (χ3v) is 3.24. The van der Waals surface area contributed by atoms with Gasteiger partial charge in [0, 0.05) is 5.69 Å². The summed E-state index contributed by atoms with van der Waals surface area (Å²) in [7, 11) is 0. The zero-order valence-electron chi connectivity index (χ0n) is 11.2. The molecule has 0 spiro atoms. The maximum Gasteiger partial charge on any atom is 0.324 e. The number of ether oxygens (including phenoxy) is 1. The molecule has 0 saturated carbocycles. The Bertz CT molecular complexity index is 443. The predicted octanol–water partition coefficient (Wildman–Crippen LogP) is 2.85. The molecule has 1 aromatic rings. The largest absolute Gasteiger partial charge is 0.359 e. The SMILES string of the molecule is CCc1cccc(NC(=O)N2COCC2(C)C)c1. The van der Waals surface area contributed by atoms with Crippen molar-refractivity contribution in [3.63, 3.8) is 0 Å². The minimum atomic E-state index is -0.244. The Hall–Kier alpha value is -1.55. The molecular weight excluding hydrogens is 228 g/mol. The highest BCUT2D eigenvalue weighted by Crippen LogP contribution is 2.22. The lowest BCUT2D eigenvalue weighted by molar-refractivity contribution is 0.147. The van der Waals surface area contributed by atoms with E-state index in [1.54, 1.807) is 4.90 Å². The summed E-state index contributed by atoms with van der Waals surface area (Å²) in [5, 5.41) is 2.92. The summed E-state index contributed by atoms with van der Waals surface area (Å²) < 4.78 is 5.34. The first kappa shape index (κ1) is 12.9. The Morgan fingerprint density at radius 1 is 1.50 bits per heavy atom. The van der Waals surface area contributed by atoms with Crippen molar-refractivity contribution in [2.75, 3.05) is 18.7 Å². The van der Waals surface area contributed by atoms with Crippen molar-refractivity contribution in [2.45, 2.75) is 32.7 Å². The molecule has 0 aromatic heterocycles. The molecular formula is C14H20N2O2. The third kappa shape index (κ3) is 2.64. The van der Waals surface area contributed by atoms with Crippen LogP contribution in [0.4, 0.5) is 10.5 Å². The zero-order chi connectivity index (χ0) is 13.2. The molecule has 1 aromatic carbocycles. The first-order chi connectivity index (χ1) is 8.53. The van der Waals surface area contributed by atoms with Gasteiger partial charge >= 0.3 is 6.03 Å². The quantitative estimate of drug-likeness (QED) is 0.874. The van der Waals surface area contributed by atoms with Crippen LogP contribution in [0, 0.1) is 0 Å². The first-order valence-corrected chi connectivity index (χ1v) is 6.28. The van der Waals surface area contributed by atoms with E-state index < -0.39 is 0 Å². The Morgan fingerprint density at radius 2 is 2.28 bits per heavy atom. The van der Waals surface area contributed by atoms with Gasteiger partial charge in [-0.1, -0.05) is 19.1 Å². The molecule has 1 aliphatic rings. The molecule has 0 unspecified atom stereocenters. The van der Waals surface area contributed by atoms with E-state index in [2.05, 4.69) is 18.3 Å². The van der Waals surface area contributed by atoms with E-state index >= 15 is 0 Å². The maximum atomic E-state index is 12.2. The zero-order valence-corrected chi connectivity index (χ0v) is 11.2. The number of carbonyl (C=O) groups is 1. The highest BCUT2D eigenvalue weighted by Gasteiger charge is 2.36. The van der Waals surface area contributed by atoms with Gasteiger partial charge in [-0.2, -0.15) is 0 Å². The van der Waals surface area contributed by atoms with Crippen LogP contribution in [-0.4, -0.2) is 29.8 Å². The number of urea groups is 1. The number of hydrogen-bond donors (Lipinski definition) is 1. The van der Waals surface area contributed by atoms with Crippen LogP contribution in [0.2, 0.25) is 0 Å². The summed E-state index contributed by atoms with van der Waals surface area (Å²) in [5.74, 6) is 0. The number of benzene rings is 1. The number of hydrogen-bond acceptors (Lipinski definition) is 2. The van der Waals surface area contributed by atoms with E-state index in [1.165, 1.54) is 5.56 Å². The second kappa shape index (κ2) is 4.98. The number of nitrogens with one attached hydrogen (secondary N) is 1. The Morgan fingerprint density at radius 3 is 2.89 bits per heavy atom. The normalized spacial score (nSPS) is 17.8. The van der Waals surface area contributed by atoms with E-state index in [0.717, 1.165) is 12.1 Å². The number of amides is 2. The molecule has 1 aliphatic heterocycles. The molecule has 0 aliphatic carbocycles. The lowest BCUT2D eigenvalue weighted by Crippen LogP contribution is -2.46. The summed E-state index contributed by atoms with van der Waals surface area (Å²) in [6.45, 7) is 7.03. The van der Waals surface area contributed by atoms with E-state index in [4.69, 9.17) is 4.74 Å². The van der Waals surface area contributed by atoms with Crippen LogP contribution in [0.25, 0.3) is 0 Å². The van der Waals surface area contributed by atoms with Crippen LogP contribution in [0.1, 0.15) is 26.3 Å². The van der Waals surface area contributed by atoms with Gasteiger partial charge in [0.1, 0.15) is 6.73 Å². The molecule has 1 saturated heterocycles. The monoisotopic (exact) mass is 248 g/mol. The molecule has 1 fully saturated rings. The second-order valence-corrected chi connectivity index (χ2v) is 5.20. The Kier molecular flexibility index (Phi) is 3.57. The van der Waals surface area contributed by atoms with Gasteiger partial charge in [-0.25, -0.2) is 4.79 Å². The van der Waals surface area contributed by atoms with E-state index in [1.807, 2.05) is 32.0 Å². The van der Waals surface area contributed by atoms with Crippen molar-refractivity contribution >= 4 is 11.7 Å². The van der Waals surface area contributed by atoms with Crippen LogP contribution in [-0.2, 0) is 11.2 Å². The lowest BCUT2D eigenvalue weighted by Gasteiger charge is -2.29. The molecule has 2 amide bonds. The van der Waals surface area contributed by atoms with Gasteiger partial charge in [0.05, 0.1) is 12.1 Å². The fourth-order valence-corrected chi connectivity index (χ4v) is 2.03. The van der Waals surface area contributed by atoms with E-state index in [0.29, 0.717) is 13.3 Å². The smallest absolute Gasteiger partial charge is 0.324 e. The fraction of sp³-hybridized carbons (Fsp3) is 0.500. The predicted molar refractivity (Wildman–Crippen MR) is 71.6 cm³/mol. The molecule has 0 atom stereocenters. The summed E-state index contributed by atoms with van der Waals surface area (Å²) in [4.78, 5) is 13.9. The van der Waals surface area contributed by atoms with Gasteiger partial charge in [-0.05, 0) is 38.0 Å². The average Bonchev–Trinajstić information content (AvgIpc) is 2.69. The molecule has 98 valence electrons. The van der Waals surface area contributed by atoms with Gasteiger partial charge in [0.25, 0.3) is 0 Å². The third-order valence-electron chi connectivity index (χ3n) is 3.24. The fourth-order valence-electron chi connectivity index (χ4n) is 2.03. The summed E-state index contributed by atoms with van der Waals surface area (Å²) in [5.41, 5.74) is 1.80. The Balaban J connectivity index is 2.07. The molecule has 2 rings (SSSR count). The van der Waals surface area contributed by atoms with Crippen LogP contribution < -0.4 is 5.32 Å². The minimum Gasteiger partial charge on any atom is -0.359 e. The van der Waals surface area contributed by atoms with Crippen molar-refractivity contribution in [1.82, 2.24) is 4.90 Å². The summed E-state index contributed by atoms with van der Waals surface area (Å²) in [6, 6.07) is 7.81. The van der Waals surface area contributed by atoms with Crippen LogP contribution in [0.3, 0.4) is 0 Å². The summed E-state index contributed by atoms with van der Waals surface area (Å²) in [6.07, 6.45) is 0.960. The highest BCUT2D eigenvalue weighted by atomic mass is 16.5. The van der Waals surface area contributed by atoms with Gasteiger partial charge in [0.2, 0.25) is 0 Å². The Labute approximate surface area is 108 Å². The molecule has 0 bridgehead atoms. The van der Waals surface area contributed by atoms with Crippen molar-refractivity contribution in [2.24, 2.45) is 0 Å². The molecule has 1 N–H and O–H groups in total. The standard InChI is InChI=1S/C14H20N2O2/c1-4-11-6-5-7-12(8-11)15-13(17)16-10-18-9-14(16,2)3/h5-8H,4,9-10H2,1-3H3,(H,15,17). The number of nitrogens with zero attached hydrogens (tertiary/aromatic N) is 1. The molecule has 0 radical (unpaired) electrons.